The largest absolute Gasteiger partial charge is 0.497 e. The van der Waals surface area contributed by atoms with Crippen molar-refractivity contribution in [3.63, 3.8) is 0 Å². The van der Waals surface area contributed by atoms with Gasteiger partial charge in [0.15, 0.2) is 0 Å². The summed E-state index contributed by atoms with van der Waals surface area (Å²) in [6, 6.07) is 36.7. The molecule has 0 saturated carbocycles. The van der Waals surface area contributed by atoms with Crippen molar-refractivity contribution in [1.82, 2.24) is 5.32 Å². The van der Waals surface area contributed by atoms with E-state index >= 15 is 0 Å². The van der Waals surface area contributed by atoms with Gasteiger partial charge in [-0.25, -0.2) is 0 Å². The SMILES string of the molecule is COc1ccc2c(c1)[C@H](NC(=O)C(c1ccccc1)c1ccccc1)[C@@H](c1ccccc1)CC2. The minimum absolute atomic E-state index is 0.0130. The summed E-state index contributed by atoms with van der Waals surface area (Å²) in [6.45, 7) is 0. The third kappa shape index (κ3) is 4.47. The van der Waals surface area contributed by atoms with Crippen molar-refractivity contribution in [2.75, 3.05) is 7.11 Å². The van der Waals surface area contributed by atoms with Gasteiger partial charge in [-0.1, -0.05) is 97.1 Å². The molecule has 0 unspecified atom stereocenters. The Morgan fingerprint density at radius 2 is 1.41 bits per heavy atom. The molecule has 1 aliphatic rings. The Labute approximate surface area is 201 Å². The number of hydrogen-bond donors (Lipinski definition) is 1. The highest BCUT2D eigenvalue weighted by molar-refractivity contribution is 5.87. The maximum atomic E-state index is 14.0. The first-order valence-corrected chi connectivity index (χ1v) is 11.9. The van der Waals surface area contributed by atoms with Crippen molar-refractivity contribution in [2.45, 2.75) is 30.7 Å². The van der Waals surface area contributed by atoms with Crippen LogP contribution in [0.2, 0.25) is 0 Å². The number of amides is 1. The predicted octanol–water partition coefficient (Wildman–Crippen LogP) is 6.41. The van der Waals surface area contributed by atoms with Crippen molar-refractivity contribution in [3.8, 4) is 5.75 Å². The summed E-state index contributed by atoms with van der Waals surface area (Å²) >= 11 is 0. The lowest BCUT2D eigenvalue weighted by atomic mass is 9.75. The Morgan fingerprint density at radius 3 is 2.00 bits per heavy atom. The number of ether oxygens (including phenoxy) is 1. The van der Waals surface area contributed by atoms with Gasteiger partial charge in [0.1, 0.15) is 5.75 Å². The molecule has 1 amide bonds. The highest BCUT2D eigenvalue weighted by atomic mass is 16.5. The van der Waals surface area contributed by atoms with E-state index in [9.17, 15) is 4.79 Å². The number of hydrogen-bond acceptors (Lipinski definition) is 2. The van der Waals surface area contributed by atoms with Crippen molar-refractivity contribution >= 4 is 5.91 Å². The van der Waals surface area contributed by atoms with Crippen LogP contribution in [0, 0.1) is 0 Å². The van der Waals surface area contributed by atoms with Crippen LogP contribution in [-0.2, 0) is 11.2 Å². The maximum Gasteiger partial charge on any atom is 0.232 e. The molecule has 170 valence electrons. The average molecular weight is 448 g/mol. The van der Waals surface area contributed by atoms with E-state index in [2.05, 4.69) is 41.7 Å². The van der Waals surface area contributed by atoms with E-state index < -0.39 is 0 Å². The number of methoxy groups -OCH3 is 1. The number of carbonyl (C=O) groups excluding carboxylic acids is 1. The lowest BCUT2D eigenvalue weighted by molar-refractivity contribution is -0.122. The molecular weight excluding hydrogens is 418 g/mol. The van der Waals surface area contributed by atoms with E-state index in [1.165, 1.54) is 11.1 Å². The first-order valence-electron chi connectivity index (χ1n) is 11.9. The molecule has 0 spiro atoms. The van der Waals surface area contributed by atoms with Gasteiger partial charge in [0, 0.05) is 5.92 Å². The van der Waals surface area contributed by atoms with Gasteiger partial charge in [-0.05, 0) is 52.8 Å². The minimum atomic E-state index is -0.380. The van der Waals surface area contributed by atoms with Crippen molar-refractivity contribution in [3.05, 3.63) is 137 Å². The summed E-state index contributed by atoms with van der Waals surface area (Å²) in [7, 11) is 1.69. The predicted molar refractivity (Wildman–Crippen MR) is 136 cm³/mol. The molecule has 0 fully saturated rings. The lowest BCUT2D eigenvalue weighted by Gasteiger charge is -2.36. The van der Waals surface area contributed by atoms with Crippen LogP contribution in [0.1, 0.15) is 52.1 Å². The third-order valence-electron chi connectivity index (χ3n) is 6.87. The second kappa shape index (κ2) is 9.96. The number of fused-ring (bicyclic) bond motifs is 1. The Morgan fingerprint density at radius 1 is 0.824 bits per heavy atom. The lowest BCUT2D eigenvalue weighted by Crippen LogP contribution is -2.38. The molecule has 5 rings (SSSR count). The number of nitrogens with one attached hydrogen (secondary N) is 1. The van der Waals surface area contributed by atoms with Gasteiger partial charge < -0.3 is 10.1 Å². The minimum Gasteiger partial charge on any atom is -0.497 e. The summed E-state index contributed by atoms with van der Waals surface area (Å²) in [6.07, 6.45) is 1.96. The molecule has 0 aliphatic heterocycles. The Bertz CT molecular complexity index is 1200. The molecule has 3 nitrogen and oxygen atoms in total. The number of rotatable bonds is 6. The summed E-state index contributed by atoms with van der Waals surface area (Å²) < 4.78 is 5.55. The number of carbonyl (C=O) groups is 1. The molecule has 1 aliphatic carbocycles. The molecule has 3 heteroatoms. The van der Waals surface area contributed by atoms with Gasteiger partial charge in [0.2, 0.25) is 5.91 Å². The van der Waals surface area contributed by atoms with E-state index in [1.807, 2.05) is 72.8 Å². The highest BCUT2D eigenvalue weighted by Gasteiger charge is 2.34. The zero-order valence-corrected chi connectivity index (χ0v) is 19.4. The first-order chi connectivity index (χ1) is 16.7. The van der Waals surface area contributed by atoms with E-state index in [1.54, 1.807) is 7.11 Å². The van der Waals surface area contributed by atoms with Gasteiger partial charge in [0.25, 0.3) is 0 Å². The summed E-state index contributed by atoms with van der Waals surface area (Å²) in [5.41, 5.74) is 5.65. The maximum absolute atomic E-state index is 14.0. The quantitative estimate of drug-likeness (QED) is 0.371. The second-order valence-corrected chi connectivity index (χ2v) is 8.86. The van der Waals surface area contributed by atoms with Gasteiger partial charge in [-0.2, -0.15) is 0 Å². The second-order valence-electron chi connectivity index (χ2n) is 8.86. The van der Waals surface area contributed by atoms with Gasteiger partial charge >= 0.3 is 0 Å². The van der Waals surface area contributed by atoms with E-state index in [-0.39, 0.29) is 23.8 Å². The van der Waals surface area contributed by atoms with E-state index in [0.717, 1.165) is 35.3 Å². The monoisotopic (exact) mass is 447 g/mol. The fourth-order valence-corrected chi connectivity index (χ4v) is 5.17. The fraction of sp³-hybridized carbons (Fsp3) is 0.194. The summed E-state index contributed by atoms with van der Waals surface area (Å²) in [5, 5.41) is 3.48. The van der Waals surface area contributed by atoms with Crippen molar-refractivity contribution in [2.24, 2.45) is 0 Å². The topological polar surface area (TPSA) is 38.3 Å². The first kappa shape index (κ1) is 22.0. The molecule has 2 atom stereocenters. The van der Waals surface area contributed by atoms with Gasteiger partial charge in [-0.15, -0.1) is 0 Å². The van der Waals surface area contributed by atoms with Crippen LogP contribution in [0.15, 0.2) is 109 Å². The van der Waals surface area contributed by atoms with Crippen LogP contribution in [0.5, 0.6) is 5.75 Å². The van der Waals surface area contributed by atoms with Crippen LogP contribution in [-0.4, -0.2) is 13.0 Å². The number of benzene rings is 4. The molecule has 0 heterocycles. The van der Waals surface area contributed by atoms with Crippen LogP contribution in [0.3, 0.4) is 0 Å². The Kier molecular flexibility index (Phi) is 6.44. The highest BCUT2D eigenvalue weighted by Crippen LogP contribution is 2.42. The third-order valence-corrected chi connectivity index (χ3v) is 6.87. The molecule has 0 radical (unpaired) electrons. The van der Waals surface area contributed by atoms with Gasteiger partial charge in [0.05, 0.1) is 19.1 Å². The number of aryl methyl sites for hydroxylation is 1. The fourth-order valence-electron chi connectivity index (χ4n) is 5.17. The zero-order valence-electron chi connectivity index (χ0n) is 19.4. The van der Waals surface area contributed by atoms with Crippen LogP contribution >= 0.6 is 0 Å². The summed E-state index contributed by atoms with van der Waals surface area (Å²) in [5.74, 6) is 0.639. The van der Waals surface area contributed by atoms with E-state index in [0.29, 0.717) is 0 Å². The average Bonchev–Trinajstić information content (AvgIpc) is 2.90. The molecule has 1 N–H and O–H groups in total. The molecule has 0 bridgehead atoms. The standard InChI is InChI=1S/C31H29NO2/c1-34-26-19-17-23-18-20-27(22-11-5-2-6-12-22)30(28(23)21-26)32-31(33)29(24-13-7-3-8-14-24)25-15-9-4-10-16-25/h2-17,19,21,27,29-30H,18,20H2,1H3,(H,32,33)/t27-,30-/m1/s1. The Balaban J connectivity index is 1.56. The van der Waals surface area contributed by atoms with Crippen LogP contribution in [0.25, 0.3) is 0 Å². The molecule has 4 aromatic rings. The van der Waals surface area contributed by atoms with Crippen LogP contribution in [0.4, 0.5) is 0 Å². The normalized spacial score (nSPS) is 17.1. The smallest absolute Gasteiger partial charge is 0.232 e. The van der Waals surface area contributed by atoms with E-state index in [4.69, 9.17) is 4.74 Å². The summed E-state index contributed by atoms with van der Waals surface area (Å²) in [4.78, 5) is 14.0. The van der Waals surface area contributed by atoms with Crippen LogP contribution < -0.4 is 10.1 Å². The van der Waals surface area contributed by atoms with Gasteiger partial charge in [-0.3, -0.25) is 4.79 Å². The van der Waals surface area contributed by atoms with Crippen molar-refractivity contribution < 1.29 is 9.53 Å². The van der Waals surface area contributed by atoms with Crippen molar-refractivity contribution in [1.29, 1.82) is 0 Å². The molecule has 34 heavy (non-hydrogen) atoms. The Hall–Kier alpha value is -3.85. The molecule has 0 saturated heterocycles. The molecule has 0 aromatic heterocycles. The zero-order chi connectivity index (χ0) is 23.3. The molecular formula is C31H29NO2. The molecule has 4 aromatic carbocycles.